The minimum Gasteiger partial charge on any atom is -0.338 e. The molecular formula is C27H36BrN3O2. The van der Waals surface area contributed by atoms with Gasteiger partial charge in [0.15, 0.2) is 0 Å². The topological polar surface area (TPSA) is 62.3 Å². The lowest BCUT2D eigenvalue weighted by Crippen LogP contribution is -2.59. The molecule has 3 aliphatic carbocycles. The molecule has 0 radical (unpaired) electrons. The first-order chi connectivity index (χ1) is 15.6. The summed E-state index contributed by atoms with van der Waals surface area (Å²) in [4.78, 5) is 31.7. The molecule has 0 bridgehead atoms. The molecule has 1 aromatic heterocycles. The van der Waals surface area contributed by atoms with Crippen LogP contribution in [0.4, 0.5) is 5.82 Å². The molecule has 7 atom stereocenters. The maximum absolute atomic E-state index is 13.0. The molecule has 6 heteroatoms. The zero-order valence-corrected chi connectivity index (χ0v) is 21.8. The van der Waals surface area contributed by atoms with E-state index in [1.54, 1.807) is 0 Å². The number of aromatic nitrogens is 1. The summed E-state index contributed by atoms with van der Waals surface area (Å²) < 4.78 is 0.954. The van der Waals surface area contributed by atoms with Gasteiger partial charge in [0.2, 0.25) is 11.8 Å². The van der Waals surface area contributed by atoms with Crippen molar-refractivity contribution in [1.82, 2.24) is 9.88 Å². The second-order valence-corrected chi connectivity index (χ2v) is 12.3. The molecule has 3 fully saturated rings. The zero-order valence-electron chi connectivity index (χ0n) is 20.2. The molecule has 2 heterocycles. The first-order valence-electron chi connectivity index (χ1n) is 12.5. The van der Waals surface area contributed by atoms with Gasteiger partial charge in [0.25, 0.3) is 0 Å². The number of likely N-dealkylation sites (N-methyl/N-ethyl adjacent to an activating group) is 1. The maximum Gasteiger partial charge on any atom is 0.246 e. The number of amides is 2. The predicted molar refractivity (Wildman–Crippen MR) is 133 cm³/mol. The van der Waals surface area contributed by atoms with Crippen LogP contribution < -0.4 is 5.32 Å². The summed E-state index contributed by atoms with van der Waals surface area (Å²) in [5, 5.41) is 3.04. The van der Waals surface area contributed by atoms with Crippen molar-refractivity contribution in [3.05, 3.63) is 34.5 Å². The number of aryl methyl sites for hydroxylation is 1. The quantitative estimate of drug-likeness (QED) is 0.560. The minimum atomic E-state index is 0.0769. The standard InChI is InChI=1S/C27H36BrN3O2/c1-16-21(28)8-10-23(29-16)30-24(32)15-17-5-7-19-18-6-9-22-27(3,14-12-25(33)31(22)4)20(18)11-13-26(17,19)2/h8,10,12,14,17-20,22H,5-7,9,11,13,15H2,1-4H3,(H,29,30,32)/t17-,18?,19?,20?,22?,26-,27-/m1/s1. The van der Waals surface area contributed by atoms with Crippen LogP contribution in [0.2, 0.25) is 0 Å². The number of nitrogens with one attached hydrogen (secondary N) is 1. The van der Waals surface area contributed by atoms with Crippen molar-refractivity contribution in [2.45, 2.75) is 71.8 Å². The van der Waals surface area contributed by atoms with E-state index < -0.39 is 0 Å². The predicted octanol–water partition coefficient (Wildman–Crippen LogP) is 5.74. The van der Waals surface area contributed by atoms with E-state index in [9.17, 15) is 9.59 Å². The Kier molecular flexibility index (Phi) is 5.74. The molecule has 0 aromatic carbocycles. The lowest BCUT2D eigenvalue weighted by Gasteiger charge is -2.60. The Labute approximate surface area is 205 Å². The van der Waals surface area contributed by atoms with E-state index in [-0.39, 0.29) is 22.6 Å². The van der Waals surface area contributed by atoms with Crippen LogP contribution in [0.1, 0.15) is 64.5 Å². The van der Waals surface area contributed by atoms with Gasteiger partial charge in [-0.05, 0) is 109 Å². The molecule has 3 saturated carbocycles. The van der Waals surface area contributed by atoms with E-state index in [4.69, 9.17) is 0 Å². The highest BCUT2D eigenvalue weighted by Gasteiger charge is 2.60. The number of pyridine rings is 1. The summed E-state index contributed by atoms with van der Waals surface area (Å²) in [6, 6.07) is 4.12. The lowest BCUT2D eigenvalue weighted by atomic mass is 9.47. The average molecular weight is 515 g/mol. The fourth-order valence-electron chi connectivity index (χ4n) is 8.21. The molecule has 1 aliphatic heterocycles. The van der Waals surface area contributed by atoms with E-state index in [1.807, 2.05) is 37.1 Å². The van der Waals surface area contributed by atoms with Gasteiger partial charge < -0.3 is 10.2 Å². The first kappa shape index (κ1) is 23.1. The van der Waals surface area contributed by atoms with Crippen LogP contribution in [0.15, 0.2) is 28.8 Å². The largest absolute Gasteiger partial charge is 0.338 e. The number of fused-ring (bicyclic) bond motifs is 5. The molecule has 4 unspecified atom stereocenters. The lowest BCUT2D eigenvalue weighted by molar-refractivity contribution is -0.139. The van der Waals surface area contributed by atoms with Crippen molar-refractivity contribution >= 4 is 33.6 Å². The molecule has 4 aliphatic rings. The molecule has 5 rings (SSSR count). The smallest absolute Gasteiger partial charge is 0.246 e. The Morgan fingerprint density at radius 2 is 1.97 bits per heavy atom. The van der Waals surface area contributed by atoms with Gasteiger partial charge in [0, 0.05) is 29.4 Å². The van der Waals surface area contributed by atoms with Crippen LogP contribution in [0.25, 0.3) is 0 Å². The number of anilines is 1. The highest BCUT2D eigenvalue weighted by atomic mass is 79.9. The second kappa shape index (κ2) is 8.21. The Morgan fingerprint density at radius 3 is 2.73 bits per heavy atom. The van der Waals surface area contributed by atoms with Crippen LogP contribution in [0.5, 0.6) is 0 Å². The van der Waals surface area contributed by atoms with E-state index in [0.29, 0.717) is 42.0 Å². The Bertz CT molecular complexity index is 1010. The third kappa shape index (κ3) is 3.67. The number of halogens is 1. The van der Waals surface area contributed by atoms with Crippen LogP contribution >= 0.6 is 15.9 Å². The Hall–Kier alpha value is -1.69. The summed E-state index contributed by atoms with van der Waals surface area (Å²) in [5.41, 5.74) is 1.19. The van der Waals surface area contributed by atoms with Gasteiger partial charge in [-0.25, -0.2) is 4.98 Å². The van der Waals surface area contributed by atoms with E-state index in [2.05, 4.69) is 46.2 Å². The summed E-state index contributed by atoms with van der Waals surface area (Å²) in [6.07, 6.45) is 11.7. The number of hydrogen-bond donors (Lipinski definition) is 1. The second-order valence-electron chi connectivity index (χ2n) is 11.5. The van der Waals surface area contributed by atoms with Gasteiger partial charge in [-0.15, -0.1) is 0 Å². The Balaban J connectivity index is 1.30. The van der Waals surface area contributed by atoms with Crippen molar-refractivity contribution in [1.29, 1.82) is 0 Å². The highest BCUT2D eigenvalue weighted by molar-refractivity contribution is 9.10. The van der Waals surface area contributed by atoms with Crippen molar-refractivity contribution < 1.29 is 9.59 Å². The number of carbonyl (C=O) groups excluding carboxylic acids is 2. The van der Waals surface area contributed by atoms with Gasteiger partial charge in [-0.1, -0.05) is 19.9 Å². The molecule has 0 saturated heterocycles. The molecule has 2 amide bonds. The van der Waals surface area contributed by atoms with Crippen molar-refractivity contribution in [3.8, 4) is 0 Å². The summed E-state index contributed by atoms with van der Waals surface area (Å²) >= 11 is 3.47. The van der Waals surface area contributed by atoms with Gasteiger partial charge in [-0.3, -0.25) is 9.59 Å². The van der Waals surface area contributed by atoms with Crippen LogP contribution in [-0.2, 0) is 9.59 Å². The van der Waals surface area contributed by atoms with Gasteiger partial charge in [-0.2, -0.15) is 0 Å². The molecule has 178 valence electrons. The third-order valence-electron chi connectivity index (χ3n) is 10.0. The molecule has 5 nitrogen and oxygen atoms in total. The fourth-order valence-corrected chi connectivity index (χ4v) is 8.43. The van der Waals surface area contributed by atoms with Crippen molar-refractivity contribution in [2.75, 3.05) is 12.4 Å². The highest BCUT2D eigenvalue weighted by Crippen LogP contribution is 2.65. The van der Waals surface area contributed by atoms with E-state index >= 15 is 0 Å². The van der Waals surface area contributed by atoms with Crippen molar-refractivity contribution in [3.63, 3.8) is 0 Å². The normalized spacial score (nSPS) is 39.6. The number of nitrogens with zero attached hydrogens (tertiary/aromatic N) is 2. The van der Waals surface area contributed by atoms with Gasteiger partial charge in [0.05, 0.1) is 5.69 Å². The molecular weight excluding hydrogens is 478 g/mol. The number of carbonyl (C=O) groups is 2. The van der Waals surface area contributed by atoms with Crippen LogP contribution in [-0.4, -0.2) is 34.8 Å². The fraction of sp³-hybridized carbons (Fsp3) is 0.667. The maximum atomic E-state index is 13.0. The third-order valence-corrected chi connectivity index (χ3v) is 10.9. The monoisotopic (exact) mass is 513 g/mol. The zero-order chi connectivity index (χ0) is 23.5. The average Bonchev–Trinajstić information content (AvgIpc) is 3.10. The van der Waals surface area contributed by atoms with Gasteiger partial charge in [0.1, 0.15) is 5.82 Å². The summed E-state index contributed by atoms with van der Waals surface area (Å²) in [7, 11) is 1.98. The van der Waals surface area contributed by atoms with E-state index in [1.165, 1.54) is 25.7 Å². The summed E-state index contributed by atoms with van der Waals surface area (Å²) in [5.74, 6) is 3.30. The molecule has 33 heavy (non-hydrogen) atoms. The molecule has 1 aromatic rings. The first-order valence-corrected chi connectivity index (χ1v) is 13.3. The van der Waals surface area contributed by atoms with Crippen LogP contribution in [0, 0.1) is 41.4 Å². The number of hydrogen-bond acceptors (Lipinski definition) is 3. The SMILES string of the molecule is Cc1nc(NC(=O)C[C@H]2CCC3C4CCC5N(C)C(=O)C=C[C@]5(C)C4CC[C@@]32C)ccc1Br. The van der Waals surface area contributed by atoms with Gasteiger partial charge >= 0.3 is 0 Å². The van der Waals surface area contributed by atoms with Crippen molar-refractivity contribution in [2.24, 2.45) is 34.5 Å². The van der Waals surface area contributed by atoms with Crippen LogP contribution in [0.3, 0.4) is 0 Å². The molecule has 0 spiro atoms. The Morgan fingerprint density at radius 1 is 1.18 bits per heavy atom. The number of rotatable bonds is 3. The molecule has 1 N–H and O–H groups in total. The summed E-state index contributed by atoms with van der Waals surface area (Å²) in [6.45, 7) is 6.79. The van der Waals surface area contributed by atoms with E-state index in [0.717, 1.165) is 23.0 Å². The minimum absolute atomic E-state index is 0.0769.